The minimum absolute atomic E-state index is 0.189. The van der Waals surface area contributed by atoms with Crippen molar-refractivity contribution in [2.45, 2.75) is 32.1 Å². The number of nitrogens with zero attached hydrogens (tertiary/aromatic N) is 1. The lowest BCUT2D eigenvalue weighted by Gasteiger charge is -2.34. The van der Waals surface area contributed by atoms with E-state index in [4.69, 9.17) is 4.74 Å². The van der Waals surface area contributed by atoms with E-state index in [0.29, 0.717) is 30.5 Å². The zero-order chi connectivity index (χ0) is 20.7. The summed E-state index contributed by atoms with van der Waals surface area (Å²) in [5.74, 6) is 0.313. The Labute approximate surface area is 166 Å². The average Bonchev–Trinajstić information content (AvgIpc) is 2.64. The molecule has 2 rings (SSSR count). The number of benzene rings is 1. The van der Waals surface area contributed by atoms with Gasteiger partial charge in [0.05, 0.1) is 11.5 Å². The second-order valence-corrected chi connectivity index (χ2v) is 9.13. The lowest BCUT2D eigenvalue weighted by Crippen LogP contribution is -2.42. The zero-order valence-corrected chi connectivity index (χ0v) is 17.4. The van der Waals surface area contributed by atoms with Crippen molar-refractivity contribution in [1.82, 2.24) is 14.9 Å². The highest BCUT2D eigenvalue weighted by Gasteiger charge is 2.31. The molecule has 156 valence electrons. The maximum atomic E-state index is 12.9. The summed E-state index contributed by atoms with van der Waals surface area (Å²) in [5, 5.41) is 5.16. The summed E-state index contributed by atoms with van der Waals surface area (Å²) in [6.07, 6.45) is 0.489. The van der Waals surface area contributed by atoms with Gasteiger partial charge in [0.1, 0.15) is 0 Å². The first-order valence-electron chi connectivity index (χ1n) is 9.53. The molecule has 1 saturated heterocycles. The molecule has 2 atom stereocenters. The molecule has 0 saturated carbocycles. The number of carbonyl (C=O) groups is 2. The topological polar surface area (TPSA) is 105 Å². The van der Waals surface area contributed by atoms with Gasteiger partial charge in [0.15, 0.2) is 0 Å². The fourth-order valence-electron chi connectivity index (χ4n) is 3.35. The number of hydrogen-bond acceptors (Lipinski definition) is 5. The van der Waals surface area contributed by atoms with Crippen molar-refractivity contribution >= 4 is 22.0 Å². The van der Waals surface area contributed by atoms with E-state index in [1.54, 1.807) is 6.92 Å². The Kier molecular flexibility index (Phi) is 7.82. The van der Waals surface area contributed by atoms with Gasteiger partial charge >= 0.3 is 6.09 Å². The van der Waals surface area contributed by atoms with Gasteiger partial charge in [0.25, 0.3) is 5.91 Å². The van der Waals surface area contributed by atoms with E-state index in [-0.39, 0.29) is 30.5 Å². The molecule has 1 aromatic carbocycles. The Hall–Kier alpha value is -2.13. The van der Waals surface area contributed by atoms with Crippen LogP contribution in [0.2, 0.25) is 0 Å². The lowest BCUT2D eigenvalue weighted by molar-refractivity contribution is 0.0952. The Morgan fingerprint density at radius 3 is 2.21 bits per heavy atom. The molecule has 28 heavy (non-hydrogen) atoms. The van der Waals surface area contributed by atoms with Gasteiger partial charge in [-0.25, -0.2) is 13.2 Å². The van der Waals surface area contributed by atoms with Crippen LogP contribution in [-0.4, -0.2) is 57.5 Å². The van der Waals surface area contributed by atoms with Gasteiger partial charge in [-0.2, -0.15) is 4.31 Å². The molecule has 9 heteroatoms. The molecule has 0 spiro atoms. The van der Waals surface area contributed by atoms with Crippen LogP contribution in [0.25, 0.3) is 0 Å². The highest BCUT2D eigenvalue weighted by atomic mass is 32.2. The first-order chi connectivity index (χ1) is 13.2. The number of piperidine rings is 1. The largest absolute Gasteiger partial charge is 0.450 e. The van der Waals surface area contributed by atoms with Gasteiger partial charge in [-0.3, -0.25) is 4.79 Å². The maximum Gasteiger partial charge on any atom is 0.407 e. The summed E-state index contributed by atoms with van der Waals surface area (Å²) in [6, 6.07) is 5.92. The van der Waals surface area contributed by atoms with Gasteiger partial charge in [-0.15, -0.1) is 0 Å². The number of hydrogen-bond donors (Lipinski definition) is 2. The van der Waals surface area contributed by atoms with Crippen molar-refractivity contribution in [3.8, 4) is 0 Å². The molecule has 2 N–H and O–H groups in total. The van der Waals surface area contributed by atoms with Crippen LogP contribution in [0.4, 0.5) is 4.79 Å². The lowest BCUT2D eigenvalue weighted by atomic mass is 9.94. The normalized spacial score (nSPS) is 20.4. The number of ether oxygens (including phenoxy) is 1. The van der Waals surface area contributed by atoms with Crippen LogP contribution < -0.4 is 10.6 Å². The molecule has 1 aliphatic heterocycles. The number of carbonyl (C=O) groups excluding carboxylic acids is 2. The summed E-state index contributed by atoms with van der Waals surface area (Å²) in [7, 11) is -3.57. The number of sulfonamides is 1. The highest BCUT2D eigenvalue weighted by Crippen LogP contribution is 2.26. The Balaban J connectivity index is 1.93. The van der Waals surface area contributed by atoms with Crippen molar-refractivity contribution in [3.63, 3.8) is 0 Å². The van der Waals surface area contributed by atoms with Gasteiger partial charge in [0, 0.05) is 31.7 Å². The monoisotopic (exact) mass is 411 g/mol. The van der Waals surface area contributed by atoms with E-state index in [1.165, 1.54) is 28.6 Å². The van der Waals surface area contributed by atoms with Gasteiger partial charge in [-0.1, -0.05) is 13.8 Å². The minimum atomic E-state index is -3.57. The Morgan fingerprint density at radius 1 is 1.07 bits per heavy atom. The van der Waals surface area contributed by atoms with Crippen LogP contribution in [0.15, 0.2) is 29.2 Å². The predicted molar refractivity (Wildman–Crippen MR) is 106 cm³/mol. The molecular weight excluding hydrogens is 382 g/mol. The van der Waals surface area contributed by atoms with Crippen LogP contribution in [-0.2, 0) is 14.8 Å². The predicted octanol–water partition coefficient (Wildman–Crippen LogP) is 1.83. The molecule has 0 aromatic heterocycles. The summed E-state index contributed by atoms with van der Waals surface area (Å²) < 4.78 is 32.0. The summed E-state index contributed by atoms with van der Waals surface area (Å²) in [5.41, 5.74) is 0.357. The number of amides is 2. The van der Waals surface area contributed by atoms with Crippen molar-refractivity contribution in [3.05, 3.63) is 29.8 Å². The fraction of sp³-hybridized carbons (Fsp3) is 0.579. The molecule has 0 radical (unpaired) electrons. The quantitative estimate of drug-likeness (QED) is 0.666. The number of nitrogens with one attached hydrogen (secondary N) is 2. The smallest absolute Gasteiger partial charge is 0.407 e. The Bertz CT molecular complexity index is 769. The summed E-state index contributed by atoms with van der Waals surface area (Å²) in [4.78, 5) is 23.5. The van der Waals surface area contributed by atoms with Gasteiger partial charge < -0.3 is 15.4 Å². The second-order valence-electron chi connectivity index (χ2n) is 7.20. The fourth-order valence-corrected chi connectivity index (χ4v) is 5.03. The van der Waals surface area contributed by atoms with Crippen molar-refractivity contribution in [2.24, 2.45) is 11.8 Å². The van der Waals surface area contributed by atoms with Crippen LogP contribution in [0.3, 0.4) is 0 Å². The molecule has 0 bridgehead atoms. The third kappa shape index (κ3) is 5.93. The molecule has 2 unspecified atom stereocenters. The first kappa shape index (κ1) is 22.2. The molecule has 2 amide bonds. The van der Waals surface area contributed by atoms with E-state index >= 15 is 0 Å². The summed E-state index contributed by atoms with van der Waals surface area (Å²) >= 11 is 0. The standard InChI is InChI=1S/C19H29N3O5S/c1-4-27-19(24)21-10-9-20-18(23)16-5-7-17(8-6-16)28(25,26)22-12-14(2)11-15(3)13-22/h5-8,14-15H,4,9-13H2,1-3H3,(H,20,23)(H,21,24). The molecular formula is C19H29N3O5S. The van der Waals surface area contributed by atoms with Crippen LogP contribution in [0, 0.1) is 11.8 Å². The maximum absolute atomic E-state index is 12.9. The summed E-state index contributed by atoms with van der Waals surface area (Å²) in [6.45, 7) is 7.61. The van der Waals surface area contributed by atoms with Crippen molar-refractivity contribution in [1.29, 1.82) is 0 Å². The third-order valence-corrected chi connectivity index (χ3v) is 6.39. The first-order valence-corrected chi connectivity index (χ1v) is 11.0. The zero-order valence-electron chi connectivity index (χ0n) is 16.6. The van der Waals surface area contributed by atoms with Gasteiger partial charge in [-0.05, 0) is 49.4 Å². The van der Waals surface area contributed by atoms with Gasteiger partial charge in [0.2, 0.25) is 10.0 Å². The molecule has 0 aliphatic carbocycles. The number of alkyl carbamates (subject to hydrolysis) is 1. The average molecular weight is 412 g/mol. The van der Waals surface area contributed by atoms with Crippen LogP contribution >= 0.6 is 0 Å². The molecule has 1 aromatic rings. The van der Waals surface area contributed by atoms with E-state index in [2.05, 4.69) is 24.5 Å². The number of rotatable bonds is 7. The van der Waals surface area contributed by atoms with E-state index in [9.17, 15) is 18.0 Å². The minimum Gasteiger partial charge on any atom is -0.450 e. The highest BCUT2D eigenvalue weighted by molar-refractivity contribution is 7.89. The van der Waals surface area contributed by atoms with Crippen molar-refractivity contribution in [2.75, 3.05) is 32.8 Å². The SMILES string of the molecule is CCOC(=O)NCCNC(=O)c1ccc(S(=O)(=O)N2CC(C)CC(C)C2)cc1. The molecule has 1 aliphatic rings. The Morgan fingerprint density at radius 2 is 1.64 bits per heavy atom. The molecule has 1 fully saturated rings. The van der Waals surface area contributed by atoms with Crippen molar-refractivity contribution < 1.29 is 22.7 Å². The van der Waals surface area contributed by atoms with Crippen LogP contribution in [0.5, 0.6) is 0 Å². The third-order valence-electron chi connectivity index (χ3n) is 4.54. The van der Waals surface area contributed by atoms with E-state index in [0.717, 1.165) is 6.42 Å². The van der Waals surface area contributed by atoms with E-state index in [1.807, 2.05) is 0 Å². The van der Waals surface area contributed by atoms with E-state index < -0.39 is 16.1 Å². The second kappa shape index (κ2) is 9.88. The molecule has 8 nitrogen and oxygen atoms in total. The molecule has 1 heterocycles. The van der Waals surface area contributed by atoms with Crippen LogP contribution in [0.1, 0.15) is 37.6 Å².